The number of benzene rings is 1. The van der Waals surface area contributed by atoms with Crippen LogP contribution in [0.3, 0.4) is 0 Å². The number of hydrogen-bond acceptors (Lipinski definition) is 4. The Bertz CT molecular complexity index is 725. The molecule has 0 radical (unpaired) electrons. The number of halogens is 1. The molecular weight excluding hydrogens is 327 g/mol. The van der Waals surface area contributed by atoms with Gasteiger partial charge in [-0.3, -0.25) is 14.4 Å². The van der Waals surface area contributed by atoms with Crippen LogP contribution in [0.4, 0.5) is 4.39 Å². The largest absolute Gasteiger partial charge is 0.460 e. The van der Waals surface area contributed by atoms with Crippen LogP contribution in [0, 0.1) is 12.7 Å². The fourth-order valence-corrected chi connectivity index (χ4v) is 2.93. The third kappa shape index (κ3) is 4.35. The normalized spacial score (nSPS) is 15.1. The SMILES string of the molecule is Cc1cc(F)c2c(c1)CN(C(CCC(=O)OC(C)(C)C)C(N)=O)C2=O. The van der Waals surface area contributed by atoms with Crippen molar-refractivity contribution in [2.24, 2.45) is 5.73 Å². The van der Waals surface area contributed by atoms with Gasteiger partial charge in [-0.2, -0.15) is 0 Å². The van der Waals surface area contributed by atoms with Gasteiger partial charge >= 0.3 is 5.97 Å². The molecule has 0 aromatic heterocycles. The molecule has 0 saturated heterocycles. The van der Waals surface area contributed by atoms with Crippen molar-refractivity contribution < 1.29 is 23.5 Å². The maximum atomic E-state index is 14.1. The number of ether oxygens (including phenoxy) is 1. The van der Waals surface area contributed by atoms with Gasteiger partial charge < -0.3 is 15.4 Å². The summed E-state index contributed by atoms with van der Waals surface area (Å²) in [6, 6.07) is 2.00. The van der Waals surface area contributed by atoms with Gasteiger partial charge in [0.25, 0.3) is 5.91 Å². The molecule has 1 aliphatic rings. The molecule has 1 unspecified atom stereocenters. The molecule has 1 aliphatic heterocycles. The minimum Gasteiger partial charge on any atom is -0.460 e. The zero-order chi connectivity index (χ0) is 18.9. The van der Waals surface area contributed by atoms with Gasteiger partial charge in [0.15, 0.2) is 0 Å². The van der Waals surface area contributed by atoms with Gasteiger partial charge in [-0.05, 0) is 51.3 Å². The van der Waals surface area contributed by atoms with E-state index < -0.39 is 35.2 Å². The smallest absolute Gasteiger partial charge is 0.306 e. The molecule has 1 heterocycles. The molecule has 25 heavy (non-hydrogen) atoms. The minimum atomic E-state index is -0.993. The van der Waals surface area contributed by atoms with Gasteiger partial charge in [0, 0.05) is 13.0 Å². The highest BCUT2D eigenvalue weighted by atomic mass is 19.1. The monoisotopic (exact) mass is 350 g/mol. The van der Waals surface area contributed by atoms with Crippen molar-refractivity contribution in [3.8, 4) is 0 Å². The Morgan fingerprint density at radius 1 is 1.36 bits per heavy atom. The van der Waals surface area contributed by atoms with Crippen LogP contribution in [-0.2, 0) is 20.9 Å². The van der Waals surface area contributed by atoms with Crippen molar-refractivity contribution in [3.05, 3.63) is 34.6 Å². The highest BCUT2D eigenvalue weighted by Crippen LogP contribution is 2.29. The second-order valence-corrected chi connectivity index (χ2v) is 7.26. The quantitative estimate of drug-likeness (QED) is 0.823. The number of carbonyl (C=O) groups is 3. The zero-order valence-corrected chi connectivity index (χ0v) is 14.9. The summed E-state index contributed by atoms with van der Waals surface area (Å²) in [4.78, 5) is 37.4. The highest BCUT2D eigenvalue weighted by Gasteiger charge is 2.37. The number of hydrogen-bond donors (Lipinski definition) is 1. The molecule has 2 rings (SSSR count). The van der Waals surface area contributed by atoms with E-state index in [4.69, 9.17) is 10.5 Å². The van der Waals surface area contributed by atoms with Crippen molar-refractivity contribution in [2.75, 3.05) is 0 Å². The Labute approximate surface area is 146 Å². The van der Waals surface area contributed by atoms with Gasteiger partial charge in [0.05, 0.1) is 5.56 Å². The summed E-state index contributed by atoms with van der Waals surface area (Å²) in [7, 11) is 0. The highest BCUT2D eigenvalue weighted by molar-refractivity contribution is 6.01. The Hall–Kier alpha value is -2.44. The molecule has 1 aromatic carbocycles. The number of nitrogens with zero attached hydrogens (tertiary/aromatic N) is 1. The summed E-state index contributed by atoms with van der Waals surface area (Å²) in [5, 5.41) is 0. The Balaban J connectivity index is 2.14. The summed E-state index contributed by atoms with van der Waals surface area (Å²) in [6.45, 7) is 7.03. The Morgan fingerprint density at radius 2 is 2.00 bits per heavy atom. The maximum absolute atomic E-state index is 14.1. The topological polar surface area (TPSA) is 89.7 Å². The number of primary amides is 1. The van der Waals surface area contributed by atoms with E-state index in [1.807, 2.05) is 0 Å². The molecule has 7 heteroatoms. The molecule has 0 fully saturated rings. The lowest BCUT2D eigenvalue weighted by Crippen LogP contribution is -2.45. The third-order valence-corrected chi connectivity index (χ3v) is 3.88. The van der Waals surface area contributed by atoms with Crippen LogP contribution in [-0.4, -0.2) is 34.3 Å². The van der Waals surface area contributed by atoms with Crippen LogP contribution in [0.1, 0.15) is 55.1 Å². The molecule has 136 valence electrons. The van der Waals surface area contributed by atoms with Crippen LogP contribution in [0.15, 0.2) is 12.1 Å². The summed E-state index contributed by atoms with van der Waals surface area (Å²) < 4.78 is 19.3. The lowest BCUT2D eigenvalue weighted by Gasteiger charge is -2.25. The molecular formula is C18H23FN2O4. The fourth-order valence-electron chi connectivity index (χ4n) is 2.93. The average Bonchev–Trinajstić information content (AvgIpc) is 2.73. The van der Waals surface area contributed by atoms with Crippen molar-refractivity contribution in [1.29, 1.82) is 0 Å². The molecule has 2 amide bonds. The van der Waals surface area contributed by atoms with E-state index in [1.165, 1.54) is 11.0 Å². The van der Waals surface area contributed by atoms with E-state index in [0.717, 1.165) is 0 Å². The first-order chi connectivity index (χ1) is 11.5. The van der Waals surface area contributed by atoms with Crippen LogP contribution in [0.5, 0.6) is 0 Å². The lowest BCUT2D eigenvalue weighted by atomic mass is 10.1. The maximum Gasteiger partial charge on any atom is 0.306 e. The second kappa shape index (κ2) is 6.82. The van der Waals surface area contributed by atoms with Crippen LogP contribution in [0.25, 0.3) is 0 Å². The average molecular weight is 350 g/mol. The number of fused-ring (bicyclic) bond motifs is 1. The molecule has 6 nitrogen and oxygen atoms in total. The number of nitrogens with two attached hydrogens (primary N) is 1. The summed E-state index contributed by atoms with van der Waals surface area (Å²) in [5.74, 6) is -2.41. The second-order valence-electron chi connectivity index (χ2n) is 7.26. The van der Waals surface area contributed by atoms with Gasteiger partial charge in [-0.25, -0.2) is 4.39 Å². The van der Waals surface area contributed by atoms with Gasteiger partial charge in [0.2, 0.25) is 5.91 Å². The lowest BCUT2D eigenvalue weighted by molar-refractivity contribution is -0.155. The number of amides is 2. The molecule has 0 bridgehead atoms. The van der Waals surface area contributed by atoms with Crippen LogP contribution in [0.2, 0.25) is 0 Å². The van der Waals surface area contributed by atoms with E-state index >= 15 is 0 Å². The molecule has 0 spiro atoms. The van der Waals surface area contributed by atoms with Crippen molar-refractivity contribution >= 4 is 17.8 Å². The number of esters is 1. The standard InChI is InChI=1S/C18H23FN2O4/c1-10-7-11-9-21(17(24)15(11)12(19)8-10)13(16(20)23)5-6-14(22)25-18(2,3)4/h7-8,13H,5-6,9H2,1-4H3,(H2,20,23). The summed E-state index contributed by atoms with van der Waals surface area (Å²) in [6.07, 6.45) is -0.0307. The molecule has 2 N–H and O–H groups in total. The molecule has 1 atom stereocenters. The summed E-state index contributed by atoms with van der Waals surface area (Å²) >= 11 is 0. The van der Waals surface area contributed by atoms with E-state index in [-0.39, 0.29) is 24.9 Å². The number of rotatable bonds is 5. The Kier molecular flexibility index (Phi) is 5.15. The van der Waals surface area contributed by atoms with Crippen LogP contribution >= 0.6 is 0 Å². The van der Waals surface area contributed by atoms with E-state index in [1.54, 1.807) is 33.8 Å². The zero-order valence-electron chi connectivity index (χ0n) is 14.9. The Morgan fingerprint density at radius 3 is 2.56 bits per heavy atom. The van der Waals surface area contributed by atoms with Gasteiger partial charge in [-0.15, -0.1) is 0 Å². The van der Waals surface area contributed by atoms with Crippen molar-refractivity contribution in [3.63, 3.8) is 0 Å². The van der Waals surface area contributed by atoms with Crippen LogP contribution < -0.4 is 5.73 Å². The van der Waals surface area contributed by atoms with E-state index in [2.05, 4.69) is 0 Å². The van der Waals surface area contributed by atoms with Crippen molar-refractivity contribution in [2.45, 2.75) is 58.7 Å². The minimum absolute atomic E-state index is 0.0323. The predicted octanol–water partition coefficient (Wildman–Crippen LogP) is 2.07. The first-order valence-corrected chi connectivity index (χ1v) is 8.11. The van der Waals surface area contributed by atoms with Crippen molar-refractivity contribution in [1.82, 2.24) is 4.90 Å². The molecule has 1 aromatic rings. The van der Waals surface area contributed by atoms with E-state index in [0.29, 0.717) is 11.1 Å². The van der Waals surface area contributed by atoms with Gasteiger partial charge in [-0.1, -0.05) is 6.07 Å². The first-order valence-electron chi connectivity index (χ1n) is 8.11. The fraction of sp³-hybridized carbons (Fsp3) is 0.500. The molecule has 0 saturated carbocycles. The van der Waals surface area contributed by atoms with E-state index in [9.17, 15) is 18.8 Å². The van der Waals surface area contributed by atoms with Gasteiger partial charge in [0.1, 0.15) is 17.5 Å². The number of carbonyl (C=O) groups excluding carboxylic acids is 3. The number of aryl methyl sites for hydroxylation is 1. The first kappa shape index (κ1) is 18.9. The molecule has 0 aliphatic carbocycles. The third-order valence-electron chi connectivity index (χ3n) is 3.88. The predicted molar refractivity (Wildman–Crippen MR) is 89.1 cm³/mol. The summed E-state index contributed by atoms with van der Waals surface area (Å²) in [5.41, 5.74) is 5.95.